The van der Waals surface area contributed by atoms with E-state index in [9.17, 15) is 4.79 Å². The van der Waals surface area contributed by atoms with Crippen LogP contribution in [0.3, 0.4) is 0 Å². The summed E-state index contributed by atoms with van der Waals surface area (Å²) in [6.07, 6.45) is 6.08. The molecule has 2 N–H and O–H groups in total. The summed E-state index contributed by atoms with van der Waals surface area (Å²) in [4.78, 5) is 15.7. The Bertz CT molecular complexity index is 402. The van der Waals surface area contributed by atoms with Gasteiger partial charge in [0.1, 0.15) is 6.61 Å². The molecule has 19 heavy (non-hydrogen) atoms. The lowest BCUT2D eigenvalue weighted by Crippen LogP contribution is -2.20. The van der Waals surface area contributed by atoms with E-state index >= 15 is 0 Å². The van der Waals surface area contributed by atoms with Crippen molar-refractivity contribution in [3.8, 4) is 0 Å². The summed E-state index contributed by atoms with van der Waals surface area (Å²) in [6, 6.07) is 1.87. The third-order valence-corrected chi connectivity index (χ3v) is 4.40. The van der Waals surface area contributed by atoms with Crippen molar-refractivity contribution in [1.82, 2.24) is 4.98 Å². The minimum atomic E-state index is -0.710. The first kappa shape index (κ1) is 16.2. The highest BCUT2D eigenvalue weighted by Gasteiger charge is 2.12. The van der Waals surface area contributed by atoms with E-state index in [0.29, 0.717) is 6.61 Å². The highest BCUT2D eigenvalue weighted by Crippen LogP contribution is 2.25. The van der Waals surface area contributed by atoms with Crippen LogP contribution in [0.25, 0.3) is 0 Å². The number of amides is 1. The normalized spacial score (nSPS) is 12.1. The molecule has 0 aliphatic rings. The molecule has 0 aliphatic carbocycles. The van der Waals surface area contributed by atoms with E-state index in [4.69, 9.17) is 10.5 Å². The summed E-state index contributed by atoms with van der Waals surface area (Å²) in [7, 11) is 0. The van der Waals surface area contributed by atoms with Crippen LogP contribution in [0.1, 0.15) is 31.7 Å². The van der Waals surface area contributed by atoms with Gasteiger partial charge in [-0.2, -0.15) is 11.8 Å². The molecule has 1 atom stereocenters. The second-order valence-electron chi connectivity index (χ2n) is 4.21. The van der Waals surface area contributed by atoms with Gasteiger partial charge < -0.3 is 10.5 Å². The Balaban J connectivity index is 2.47. The van der Waals surface area contributed by atoms with Crippen LogP contribution < -0.4 is 5.73 Å². The Morgan fingerprint density at radius 3 is 3.05 bits per heavy atom. The van der Waals surface area contributed by atoms with Crippen LogP contribution in [0, 0.1) is 0 Å². The van der Waals surface area contributed by atoms with E-state index < -0.39 is 6.09 Å². The number of primary amides is 1. The molecule has 6 heteroatoms. The molecule has 0 aliphatic heterocycles. The summed E-state index contributed by atoms with van der Waals surface area (Å²) in [5, 5.41) is 0.264. The van der Waals surface area contributed by atoms with Crippen LogP contribution in [0.15, 0.2) is 23.4 Å². The quantitative estimate of drug-likeness (QED) is 0.723. The van der Waals surface area contributed by atoms with E-state index in [1.54, 1.807) is 18.0 Å². The van der Waals surface area contributed by atoms with Crippen LogP contribution >= 0.6 is 24.4 Å². The van der Waals surface area contributed by atoms with Gasteiger partial charge in [0.2, 0.25) is 0 Å². The molecular formula is C13H20N2O2S2. The van der Waals surface area contributed by atoms with Crippen LogP contribution in [0.5, 0.6) is 0 Å². The summed E-state index contributed by atoms with van der Waals surface area (Å²) in [5.41, 5.74) is 6.10. The maximum atomic E-state index is 10.7. The molecule has 0 spiro atoms. The van der Waals surface area contributed by atoms with E-state index in [-0.39, 0.29) is 5.25 Å². The molecule has 1 aromatic heterocycles. The number of hydrogen-bond acceptors (Lipinski definition) is 5. The van der Waals surface area contributed by atoms with Gasteiger partial charge in [0, 0.05) is 28.3 Å². The summed E-state index contributed by atoms with van der Waals surface area (Å²) >= 11 is 6.15. The molecule has 1 aromatic rings. The van der Waals surface area contributed by atoms with E-state index in [1.165, 1.54) is 0 Å². The van der Waals surface area contributed by atoms with Gasteiger partial charge in [-0.1, -0.05) is 19.8 Å². The molecule has 106 valence electrons. The lowest BCUT2D eigenvalue weighted by atomic mass is 10.2. The minimum absolute atomic E-state index is 0.264. The van der Waals surface area contributed by atoms with Crippen LogP contribution in [0.4, 0.5) is 4.79 Å². The van der Waals surface area contributed by atoms with Gasteiger partial charge in [-0.05, 0) is 18.1 Å². The standard InChI is InChI=1S/C13H20N2O2S2/c1-2-3-4-11(8-17-13(14)16)19-9-10-7-15-6-5-12(10)18/h5-7,11H,2-4,8-9H2,1H3,(H2,14,16)(H,15,18). The van der Waals surface area contributed by atoms with Gasteiger partial charge in [-0.3, -0.25) is 4.98 Å². The lowest BCUT2D eigenvalue weighted by molar-refractivity contribution is 0.156. The average Bonchev–Trinajstić information content (AvgIpc) is 2.39. The van der Waals surface area contributed by atoms with Crippen LogP contribution in [-0.4, -0.2) is 22.9 Å². The van der Waals surface area contributed by atoms with Gasteiger partial charge in [0.15, 0.2) is 0 Å². The number of carbonyl (C=O) groups is 1. The Kier molecular flexibility index (Phi) is 7.74. The molecule has 4 nitrogen and oxygen atoms in total. The fourth-order valence-electron chi connectivity index (χ4n) is 1.56. The second-order valence-corrected chi connectivity index (χ2v) is 5.98. The van der Waals surface area contributed by atoms with Gasteiger partial charge >= 0.3 is 6.09 Å². The summed E-state index contributed by atoms with van der Waals surface area (Å²) in [5.74, 6) is 0.809. The molecule has 0 aromatic carbocycles. The molecule has 0 radical (unpaired) electrons. The van der Waals surface area contributed by atoms with Crippen LogP contribution in [0.2, 0.25) is 0 Å². The lowest BCUT2D eigenvalue weighted by Gasteiger charge is -2.16. The number of unbranched alkanes of at least 4 members (excludes halogenated alkanes) is 1. The largest absolute Gasteiger partial charge is 0.449 e. The van der Waals surface area contributed by atoms with Crippen molar-refractivity contribution < 1.29 is 9.53 Å². The van der Waals surface area contributed by atoms with Gasteiger partial charge in [0.25, 0.3) is 0 Å². The van der Waals surface area contributed by atoms with E-state index in [0.717, 1.165) is 35.5 Å². The van der Waals surface area contributed by atoms with Gasteiger partial charge in [0.05, 0.1) is 0 Å². The number of thioether (sulfide) groups is 1. The zero-order valence-electron chi connectivity index (χ0n) is 11.0. The van der Waals surface area contributed by atoms with Crippen molar-refractivity contribution in [2.75, 3.05) is 6.61 Å². The first-order valence-corrected chi connectivity index (χ1v) is 7.78. The number of hydrogen-bond donors (Lipinski definition) is 2. The van der Waals surface area contributed by atoms with Crippen molar-refractivity contribution in [3.63, 3.8) is 0 Å². The van der Waals surface area contributed by atoms with Gasteiger partial charge in [-0.15, -0.1) is 12.6 Å². The topological polar surface area (TPSA) is 65.2 Å². The molecule has 0 saturated heterocycles. The number of carbonyl (C=O) groups excluding carboxylic acids is 1. The van der Waals surface area contributed by atoms with Gasteiger partial charge in [-0.25, -0.2) is 4.79 Å². The number of ether oxygens (including phenoxy) is 1. The second kappa shape index (κ2) is 9.09. The van der Waals surface area contributed by atoms with Crippen molar-refractivity contribution in [2.45, 2.75) is 42.1 Å². The summed E-state index contributed by atoms with van der Waals surface area (Å²) < 4.78 is 4.90. The number of pyridine rings is 1. The molecule has 1 unspecified atom stereocenters. The molecule has 1 rings (SSSR count). The zero-order valence-corrected chi connectivity index (χ0v) is 12.8. The molecule has 0 saturated carbocycles. The highest BCUT2D eigenvalue weighted by atomic mass is 32.2. The summed E-state index contributed by atoms with van der Waals surface area (Å²) in [6.45, 7) is 2.51. The minimum Gasteiger partial charge on any atom is -0.449 e. The third-order valence-electron chi connectivity index (χ3n) is 2.64. The monoisotopic (exact) mass is 300 g/mol. The predicted molar refractivity (Wildman–Crippen MR) is 81.6 cm³/mol. The van der Waals surface area contributed by atoms with Crippen LogP contribution in [-0.2, 0) is 10.5 Å². The highest BCUT2D eigenvalue weighted by molar-refractivity contribution is 7.99. The fourth-order valence-corrected chi connectivity index (χ4v) is 3.01. The first-order chi connectivity index (χ1) is 9.13. The smallest absolute Gasteiger partial charge is 0.404 e. The first-order valence-electron chi connectivity index (χ1n) is 6.29. The van der Waals surface area contributed by atoms with Crippen molar-refractivity contribution in [3.05, 3.63) is 24.0 Å². The number of nitrogens with zero attached hydrogens (tertiary/aromatic N) is 1. The number of rotatable bonds is 8. The maximum absolute atomic E-state index is 10.7. The van der Waals surface area contributed by atoms with Crippen molar-refractivity contribution in [1.29, 1.82) is 0 Å². The molecule has 1 amide bonds. The maximum Gasteiger partial charge on any atom is 0.404 e. The van der Waals surface area contributed by atoms with Crippen molar-refractivity contribution >= 4 is 30.5 Å². The molecule has 0 bridgehead atoms. The Morgan fingerprint density at radius 2 is 2.42 bits per heavy atom. The zero-order chi connectivity index (χ0) is 14.1. The number of thiol groups is 1. The molecule has 1 heterocycles. The SMILES string of the molecule is CCCCC(COC(N)=O)SCc1cnccc1S. The average molecular weight is 300 g/mol. The Labute approximate surface area is 123 Å². The molecule has 0 fully saturated rings. The number of aromatic nitrogens is 1. The van der Waals surface area contributed by atoms with Crippen molar-refractivity contribution in [2.24, 2.45) is 5.73 Å². The van der Waals surface area contributed by atoms with E-state index in [1.807, 2.05) is 12.3 Å². The fraction of sp³-hybridized carbons (Fsp3) is 0.538. The Hall–Kier alpha value is -0.880. The number of nitrogens with two attached hydrogens (primary N) is 1. The predicted octanol–water partition coefficient (Wildman–Crippen LogP) is 3.26. The third kappa shape index (κ3) is 6.73. The Morgan fingerprint density at radius 1 is 1.63 bits per heavy atom. The molecular weight excluding hydrogens is 280 g/mol. The van der Waals surface area contributed by atoms with E-state index in [2.05, 4.69) is 24.5 Å².